The van der Waals surface area contributed by atoms with Crippen LogP contribution in [0.25, 0.3) is 11.1 Å². The van der Waals surface area contributed by atoms with Crippen molar-refractivity contribution in [2.45, 2.75) is 58.3 Å². The van der Waals surface area contributed by atoms with Gasteiger partial charge in [-0.05, 0) is 54.2 Å². The number of hydrogen-bond acceptors (Lipinski definition) is 5. The van der Waals surface area contributed by atoms with Crippen molar-refractivity contribution in [1.29, 1.82) is 0 Å². The Kier molecular flexibility index (Phi) is 6.76. The van der Waals surface area contributed by atoms with Gasteiger partial charge in [0.15, 0.2) is 5.75 Å². The number of hydrogen-bond donors (Lipinski definition) is 2. The molecule has 1 amide bonds. The molecular weight excluding hydrogens is 429 g/mol. The van der Waals surface area contributed by atoms with Crippen LogP contribution < -0.4 is 15.8 Å². The lowest BCUT2D eigenvalue weighted by molar-refractivity contribution is -0.189. The number of benzene rings is 1. The van der Waals surface area contributed by atoms with E-state index < -0.39 is 23.8 Å². The topological polar surface area (TPSA) is 81.4 Å². The van der Waals surface area contributed by atoms with E-state index in [1.165, 1.54) is 29.5 Å². The zero-order chi connectivity index (χ0) is 22.8. The number of amides is 1. The third kappa shape index (κ3) is 5.86. The summed E-state index contributed by atoms with van der Waals surface area (Å²) in [4.78, 5) is 24.1. The molecule has 31 heavy (non-hydrogen) atoms. The molecule has 1 saturated carbocycles. The number of para-hydroxylation sites is 1. The van der Waals surface area contributed by atoms with Gasteiger partial charge in [0.1, 0.15) is 0 Å². The first-order chi connectivity index (χ1) is 14.5. The van der Waals surface area contributed by atoms with Gasteiger partial charge in [0.05, 0.1) is 5.56 Å². The van der Waals surface area contributed by atoms with Crippen molar-refractivity contribution >= 4 is 23.2 Å². The van der Waals surface area contributed by atoms with Gasteiger partial charge in [0.25, 0.3) is 5.91 Å². The monoisotopic (exact) mass is 454 g/mol. The maximum Gasteiger partial charge on any atom is 0.491 e. The molecule has 0 radical (unpaired) electrons. The van der Waals surface area contributed by atoms with Gasteiger partial charge in [0, 0.05) is 23.0 Å². The molecule has 1 aromatic carbocycles. The second-order valence-electron chi connectivity index (χ2n) is 8.55. The van der Waals surface area contributed by atoms with Gasteiger partial charge in [-0.15, -0.1) is 11.3 Å². The number of esters is 1. The SMILES string of the molecule is CC1(C)CCC(NCc2cc(-c3cccc(C(N)=O)c3OC(=O)C(F)(F)F)cs2)CC1. The normalized spacial score (nSPS) is 16.8. The lowest BCUT2D eigenvalue weighted by Crippen LogP contribution is -2.34. The first-order valence-electron chi connectivity index (χ1n) is 9.99. The number of nitrogens with two attached hydrogens (primary N) is 1. The van der Waals surface area contributed by atoms with E-state index in [2.05, 4.69) is 23.9 Å². The minimum atomic E-state index is -5.19. The van der Waals surface area contributed by atoms with E-state index in [4.69, 9.17) is 5.73 Å². The summed E-state index contributed by atoms with van der Waals surface area (Å²) in [5, 5.41) is 5.29. The van der Waals surface area contributed by atoms with Crippen molar-refractivity contribution in [3.05, 3.63) is 40.1 Å². The first-order valence-corrected chi connectivity index (χ1v) is 10.9. The van der Waals surface area contributed by atoms with Crippen LogP contribution in [0.5, 0.6) is 5.75 Å². The van der Waals surface area contributed by atoms with Gasteiger partial charge in [-0.2, -0.15) is 13.2 Å². The van der Waals surface area contributed by atoms with Gasteiger partial charge < -0.3 is 15.8 Å². The van der Waals surface area contributed by atoms with Gasteiger partial charge >= 0.3 is 12.1 Å². The summed E-state index contributed by atoms with van der Waals surface area (Å²) in [6, 6.07) is 6.45. The fourth-order valence-electron chi connectivity index (χ4n) is 3.68. The Labute approximate surface area is 182 Å². The summed E-state index contributed by atoms with van der Waals surface area (Å²) in [6.07, 6.45) is -0.671. The Morgan fingerprint density at radius 3 is 2.55 bits per heavy atom. The molecule has 0 aliphatic heterocycles. The van der Waals surface area contributed by atoms with E-state index in [0.717, 1.165) is 30.6 Å². The summed E-state index contributed by atoms with van der Waals surface area (Å²) in [7, 11) is 0. The smallest absolute Gasteiger partial charge is 0.418 e. The molecule has 0 bridgehead atoms. The van der Waals surface area contributed by atoms with Crippen molar-refractivity contribution < 1.29 is 27.5 Å². The molecule has 9 heteroatoms. The molecule has 2 aromatic rings. The van der Waals surface area contributed by atoms with E-state index in [9.17, 15) is 22.8 Å². The number of halogens is 3. The van der Waals surface area contributed by atoms with Crippen LogP contribution in [0.1, 0.15) is 54.8 Å². The third-order valence-electron chi connectivity index (χ3n) is 5.58. The molecule has 0 spiro atoms. The fourth-order valence-corrected chi connectivity index (χ4v) is 4.52. The number of ether oxygens (including phenoxy) is 1. The Hall–Kier alpha value is -2.39. The molecule has 168 valence electrons. The number of thiophene rings is 1. The van der Waals surface area contributed by atoms with Crippen LogP contribution in [0.3, 0.4) is 0 Å². The quantitative estimate of drug-likeness (QED) is 0.473. The van der Waals surface area contributed by atoms with Gasteiger partial charge in [0.2, 0.25) is 0 Å². The molecule has 1 aliphatic rings. The van der Waals surface area contributed by atoms with E-state index in [0.29, 0.717) is 23.6 Å². The minimum absolute atomic E-state index is 0.204. The van der Waals surface area contributed by atoms with Crippen LogP contribution in [0.15, 0.2) is 29.6 Å². The molecule has 3 rings (SSSR count). The maximum absolute atomic E-state index is 12.7. The van der Waals surface area contributed by atoms with Crippen LogP contribution in [0.2, 0.25) is 0 Å². The lowest BCUT2D eigenvalue weighted by atomic mass is 9.75. The summed E-state index contributed by atoms with van der Waals surface area (Å²) < 4.78 is 42.8. The highest BCUT2D eigenvalue weighted by Gasteiger charge is 2.42. The number of primary amides is 1. The van der Waals surface area contributed by atoms with Crippen molar-refractivity contribution in [2.75, 3.05) is 0 Å². The number of nitrogens with one attached hydrogen (secondary N) is 1. The predicted octanol–water partition coefficient (Wildman–Crippen LogP) is 5.04. The number of carbonyl (C=O) groups is 2. The first kappa shape index (κ1) is 23.3. The Morgan fingerprint density at radius 1 is 1.26 bits per heavy atom. The minimum Gasteiger partial charge on any atom is -0.418 e. The van der Waals surface area contributed by atoms with Crippen LogP contribution in [0.4, 0.5) is 13.2 Å². The molecular formula is C22H25F3N2O3S. The van der Waals surface area contributed by atoms with Crippen LogP contribution in [-0.2, 0) is 11.3 Å². The van der Waals surface area contributed by atoms with Crippen molar-refractivity contribution in [3.63, 3.8) is 0 Å². The summed E-state index contributed by atoms with van der Waals surface area (Å²) >= 11 is 1.44. The second-order valence-corrected chi connectivity index (χ2v) is 9.55. The summed E-state index contributed by atoms with van der Waals surface area (Å²) in [5.41, 5.74) is 6.13. The zero-order valence-corrected chi connectivity index (χ0v) is 18.2. The molecule has 5 nitrogen and oxygen atoms in total. The molecule has 1 aliphatic carbocycles. The second kappa shape index (κ2) is 9.00. The number of alkyl halides is 3. The average molecular weight is 455 g/mol. The number of carbonyl (C=O) groups excluding carboxylic acids is 2. The van der Waals surface area contributed by atoms with E-state index in [1.54, 1.807) is 5.38 Å². The van der Waals surface area contributed by atoms with Crippen LogP contribution >= 0.6 is 11.3 Å². The highest BCUT2D eigenvalue weighted by atomic mass is 32.1. The van der Waals surface area contributed by atoms with Gasteiger partial charge in [-0.1, -0.05) is 26.0 Å². The fraction of sp³-hybridized carbons (Fsp3) is 0.455. The van der Waals surface area contributed by atoms with Gasteiger partial charge in [-0.3, -0.25) is 4.79 Å². The number of rotatable bonds is 6. The summed E-state index contributed by atoms with van der Waals surface area (Å²) in [6.45, 7) is 5.18. The largest absolute Gasteiger partial charge is 0.491 e. The van der Waals surface area contributed by atoms with Crippen LogP contribution in [-0.4, -0.2) is 24.1 Å². The predicted molar refractivity (Wildman–Crippen MR) is 113 cm³/mol. The van der Waals surface area contributed by atoms with Crippen molar-refractivity contribution in [2.24, 2.45) is 11.1 Å². The van der Waals surface area contributed by atoms with E-state index >= 15 is 0 Å². The van der Waals surface area contributed by atoms with Gasteiger partial charge in [-0.25, -0.2) is 4.79 Å². The molecule has 3 N–H and O–H groups in total. The van der Waals surface area contributed by atoms with Crippen molar-refractivity contribution in [1.82, 2.24) is 5.32 Å². The standard InChI is InChI=1S/C22H25F3N2O3S/c1-21(2)8-6-14(7-9-21)27-11-15-10-13(12-31-15)16-4-3-5-17(19(26)28)18(16)30-20(29)22(23,24)25/h3-5,10,12,14,27H,6-9,11H2,1-2H3,(H2,26,28). The maximum atomic E-state index is 12.7. The molecule has 0 atom stereocenters. The average Bonchev–Trinajstić information content (AvgIpc) is 3.15. The molecule has 1 fully saturated rings. The molecule has 1 aromatic heterocycles. The van der Waals surface area contributed by atoms with E-state index in [1.807, 2.05) is 6.07 Å². The molecule has 0 saturated heterocycles. The Balaban J connectivity index is 1.78. The molecule has 1 heterocycles. The Bertz CT molecular complexity index is 959. The third-order valence-corrected chi connectivity index (χ3v) is 6.51. The zero-order valence-electron chi connectivity index (χ0n) is 17.3. The summed E-state index contributed by atoms with van der Waals surface area (Å²) in [5.74, 6) is -3.87. The highest BCUT2D eigenvalue weighted by Crippen LogP contribution is 2.38. The highest BCUT2D eigenvalue weighted by molar-refractivity contribution is 7.10. The van der Waals surface area contributed by atoms with Crippen molar-refractivity contribution in [3.8, 4) is 16.9 Å². The lowest BCUT2D eigenvalue weighted by Gasteiger charge is -2.34. The van der Waals surface area contributed by atoms with Crippen LogP contribution in [0, 0.1) is 5.41 Å². The van der Waals surface area contributed by atoms with E-state index in [-0.39, 0.29) is 11.1 Å². The molecule has 0 unspecified atom stereocenters. The Morgan fingerprint density at radius 2 is 1.94 bits per heavy atom.